The largest absolute Gasteiger partial charge is 0.304 e. The van der Waals surface area contributed by atoms with E-state index in [4.69, 9.17) is 0 Å². The monoisotopic (exact) mass is 343 g/mol. The van der Waals surface area contributed by atoms with Crippen LogP contribution < -0.4 is 5.56 Å². The van der Waals surface area contributed by atoms with Gasteiger partial charge in [0.05, 0.1) is 11.2 Å². The number of benzene rings is 1. The number of aromatic amines is 1. The molecule has 0 aliphatic heterocycles. The van der Waals surface area contributed by atoms with Crippen molar-refractivity contribution in [3.05, 3.63) is 56.9 Å². The topological polar surface area (TPSA) is 58.6 Å². The molecule has 2 heterocycles. The third-order valence-corrected chi connectivity index (χ3v) is 4.08. The van der Waals surface area contributed by atoms with Crippen LogP contribution in [0.15, 0.2) is 45.7 Å². The maximum atomic E-state index is 12.0. The number of nitrogens with zero attached hydrogens (tertiary/aromatic N) is 2. The van der Waals surface area contributed by atoms with E-state index < -0.39 is 0 Å². The summed E-state index contributed by atoms with van der Waals surface area (Å²) in [5.41, 5.74) is 2.16. The number of para-hydroxylation sites is 1. The molecule has 0 amide bonds. The molecule has 0 bridgehead atoms. The highest BCUT2D eigenvalue weighted by Crippen LogP contribution is 2.19. The summed E-state index contributed by atoms with van der Waals surface area (Å²) in [6, 6.07) is 11.7. The van der Waals surface area contributed by atoms with Gasteiger partial charge in [0.1, 0.15) is 10.2 Å². The van der Waals surface area contributed by atoms with Gasteiger partial charge in [-0.3, -0.25) is 4.79 Å². The van der Waals surface area contributed by atoms with Gasteiger partial charge in [0.25, 0.3) is 5.56 Å². The molecule has 3 aromatic rings. The number of nitrogens with one attached hydrogen (secondary N) is 1. The Kier molecular flexibility index (Phi) is 3.84. The molecule has 0 aliphatic rings. The number of fused-ring (bicyclic) bond motifs is 1. The number of pyridine rings is 1. The Balaban J connectivity index is 2.15. The molecular formula is C16H14BrN3O. The van der Waals surface area contributed by atoms with E-state index in [1.807, 2.05) is 36.4 Å². The van der Waals surface area contributed by atoms with Crippen molar-refractivity contribution in [2.75, 3.05) is 0 Å². The minimum absolute atomic E-state index is 0.168. The van der Waals surface area contributed by atoms with Crippen LogP contribution in [0.4, 0.5) is 0 Å². The van der Waals surface area contributed by atoms with Crippen LogP contribution in [-0.4, -0.2) is 15.0 Å². The number of aryl methyl sites for hydroxylation is 1. The van der Waals surface area contributed by atoms with E-state index in [0.717, 1.165) is 29.4 Å². The minimum atomic E-state index is -0.168. The van der Waals surface area contributed by atoms with Crippen LogP contribution in [0.3, 0.4) is 0 Å². The van der Waals surface area contributed by atoms with Gasteiger partial charge in [0, 0.05) is 5.39 Å². The number of H-pyrrole nitrogens is 1. The van der Waals surface area contributed by atoms with Gasteiger partial charge in [0.2, 0.25) is 0 Å². The molecule has 0 radical (unpaired) electrons. The van der Waals surface area contributed by atoms with Crippen LogP contribution in [0.2, 0.25) is 0 Å². The fourth-order valence-electron chi connectivity index (χ4n) is 2.23. The second kappa shape index (κ2) is 5.77. The normalized spacial score (nSPS) is 11.0. The summed E-state index contributed by atoms with van der Waals surface area (Å²) in [6.07, 6.45) is 1.69. The molecule has 0 unspecified atom stereocenters. The molecule has 106 valence electrons. The van der Waals surface area contributed by atoms with Crippen molar-refractivity contribution >= 4 is 26.8 Å². The predicted octanol–water partition coefficient (Wildman–Crippen LogP) is 3.70. The lowest BCUT2D eigenvalue weighted by molar-refractivity contribution is 0.860. The van der Waals surface area contributed by atoms with Gasteiger partial charge >= 0.3 is 0 Å². The van der Waals surface area contributed by atoms with Crippen molar-refractivity contribution < 1.29 is 0 Å². The second-order valence-corrected chi connectivity index (χ2v) is 5.61. The fourth-order valence-corrected chi connectivity index (χ4v) is 2.61. The summed E-state index contributed by atoms with van der Waals surface area (Å²) in [5, 5.41) is 1.06. The second-order valence-electron chi connectivity index (χ2n) is 4.81. The summed E-state index contributed by atoms with van der Waals surface area (Å²) in [6.45, 7) is 2.06. The van der Waals surface area contributed by atoms with Crippen LogP contribution in [0.1, 0.15) is 19.0 Å². The number of halogens is 1. The molecule has 0 fully saturated rings. The van der Waals surface area contributed by atoms with Crippen molar-refractivity contribution in [2.24, 2.45) is 0 Å². The molecule has 3 rings (SSSR count). The summed E-state index contributed by atoms with van der Waals surface area (Å²) in [4.78, 5) is 23.9. The Bertz CT molecular complexity index is 858. The van der Waals surface area contributed by atoms with Gasteiger partial charge in [-0.05, 0) is 34.5 Å². The SMILES string of the molecule is CCCc1nc(-c2ccc3ccccc3n2)[nH]c(=O)c1Br. The first-order valence-corrected chi connectivity index (χ1v) is 7.63. The van der Waals surface area contributed by atoms with Crippen molar-refractivity contribution in [1.82, 2.24) is 15.0 Å². The van der Waals surface area contributed by atoms with Crippen molar-refractivity contribution in [2.45, 2.75) is 19.8 Å². The Hall–Kier alpha value is -2.01. The molecule has 0 atom stereocenters. The molecule has 4 nitrogen and oxygen atoms in total. The Labute approximate surface area is 130 Å². The van der Waals surface area contributed by atoms with Gasteiger partial charge in [-0.25, -0.2) is 9.97 Å². The van der Waals surface area contributed by atoms with E-state index in [1.165, 1.54) is 0 Å². The summed E-state index contributed by atoms with van der Waals surface area (Å²) < 4.78 is 0.508. The third kappa shape index (κ3) is 2.74. The lowest BCUT2D eigenvalue weighted by atomic mass is 10.2. The molecule has 0 saturated carbocycles. The third-order valence-electron chi connectivity index (χ3n) is 3.26. The molecule has 2 aromatic heterocycles. The van der Waals surface area contributed by atoms with Crippen molar-refractivity contribution in [1.29, 1.82) is 0 Å². The molecule has 0 saturated heterocycles. The fraction of sp³-hybridized carbons (Fsp3) is 0.188. The Morgan fingerprint density at radius 3 is 2.76 bits per heavy atom. The van der Waals surface area contributed by atoms with Crippen LogP contribution >= 0.6 is 15.9 Å². The Morgan fingerprint density at radius 1 is 1.14 bits per heavy atom. The summed E-state index contributed by atoms with van der Waals surface area (Å²) in [5.74, 6) is 0.511. The van der Waals surface area contributed by atoms with E-state index in [-0.39, 0.29) is 5.56 Å². The number of hydrogen-bond acceptors (Lipinski definition) is 3. The summed E-state index contributed by atoms with van der Waals surface area (Å²) in [7, 11) is 0. The first-order valence-electron chi connectivity index (χ1n) is 6.84. The molecular weight excluding hydrogens is 330 g/mol. The predicted molar refractivity (Wildman–Crippen MR) is 87.3 cm³/mol. The smallest absolute Gasteiger partial charge is 0.265 e. The van der Waals surface area contributed by atoms with Crippen molar-refractivity contribution in [3.63, 3.8) is 0 Å². The van der Waals surface area contributed by atoms with Gasteiger partial charge in [-0.1, -0.05) is 37.6 Å². The first-order chi connectivity index (χ1) is 10.2. The number of rotatable bonds is 3. The van der Waals surface area contributed by atoms with Gasteiger partial charge in [0.15, 0.2) is 5.82 Å². The van der Waals surface area contributed by atoms with Gasteiger partial charge in [-0.15, -0.1) is 0 Å². The molecule has 1 aromatic carbocycles. The van der Waals surface area contributed by atoms with E-state index in [1.54, 1.807) is 0 Å². The van der Waals surface area contributed by atoms with E-state index >= 15 is 0 Å². The highest BCUT2D eigenvalue weighted by molar-refractivity contribution is 9.10. The average Bonchev–Trinajstić information content (AvgIpc) is 2.51. The molecule has 21 heavy (non-hydrogen) atoms. The van der Waals surface area contributed by atoms with E-state index in [2.05, 4.69) is 37.8 Å². The molecule has 5 heteroatoms. The zero-order valence-corrected chi connectivity index (χ0v) is 13.1. The van der Waals surface area contributed by atoms with Crippen LogP contribution in [0.25, 0.3) is 22.4 Å². The summed E-state index contributed by atoms with van der Waals surface area (Å²) >= 11 is 3.30. The lowest BCUT2D eigenvalue weighted by Gasteiger charge is -2.06. The molecule has 0 spiro atoms. The van der Waals surface area contributed by atoms with Gasteiger partial charge in [-0.2, -0.15) is 0 Å². The van der Waals surface area contributed by atoms with Crippen LogP contribution in [0, 0.1) is 0 Å². The van der Waals surface area contributed by atoms with Crippen LogP contribution in [0.5, 0.6) is 0 Å². The first kappa shape index (κ1) is 13.9. The lowest BCUT2D eigenvalue weighted by Crippen LogP contribution is -2.14. The van der Waals surface area contributed by atoms with E-state index in [9.17, 15) is 4.79 Å². The standard InChI is InChI=1S/C16H14BrN3O/c1-2-5-12-14(17)16(21)20-15(19-12)13-9-8-10-6-3-4-7-11(10)18-13/h3-4,6-9H,2,5H2,1H3,(H,19,20,21). The zero-order valence-electron chi connectivity index (χ0n) is 11.6. The molecule has 0 aliphatic carbocycles. The number of hydrogen-bond donors (Lipinski definition) is 1. The highest BCUT2D eigenvalue weighted by atomic mass is 79.9. The number of aromatic nitrogens is 3. The Morgan fingerprint density at radius 2 is 1.95 bits per heavy atom. The van der Waals surface area contributed by atoms with Crippen molar-refractivity contribution in [3.8, 4) is 11.5 Å². The van der Waals surface area contributed by atoms with Crippen LogP contribution in [-0.2, 0) is 6.42 Å². The quantitative estimate of drug-likeness (QED) is 0.788. The average molecular weight is 344 g/mol. The van der Waals surface area contributed by atoms with Gasteiger partial charge < -0.3 is 4.98 Å². The highest BCUT2D eigenvalue weighted by Gasteiger charge is 2.11. The maximum absolute atomic E-state index is 12.0. The van der Waals surface area contributed by atoms with E-state index in [0.29, 0.717) is 16.0 Å². The minimum Gasteiger partial charge on any atom is -0.304 e. The zero-order chi connectivity index (χ0) is 14.8. The molecule has 1 N–H and O–H groups in total. The maximum Gasteiger partial charge on any atom is 0.265 e.